The van der Waals surface area contributed by atoms with Crippen molar-refractivity contribution < 1.29 is 5.11 Å². The SMILES string of the molecule is CCC1CCCC(C#N)(C(O)(CC(C)C)CC(C)C)C1. The predicted molar refractivity (Wildman–Crippen MR) is 84.2 cm³/mol. The maximum atomic E-state index is 11.4. The second kappa shape index (κ2) is 6.94. The van der Waals surface area contributed by atoms with Gasteiger partial charge in [0.15, 0.2) is 0 Å². The van der Waals surface area contributed by atoms with Crippen LogP contribution in [0.4, 0.5) is 0 Å². The lowest BCUT2D eigenvalue weighted by atomic mass is 9.57. The van der Waals surface area contributed by atoms with Gasteiger partial charge in [0.05, 0.1) is 17.1 Å². The van der Waals surface area contributed by atoms with Gasteiger partial charge in [0.2, 0.25) is 0 Å². The molecule has 0 aromatic heterocycles. The third kappa shape index (κ3) is 3.76. The van der Waals surface area contributed by atoms with Crippen LogP contribution in [0.2, 0.25) is 0 Å². The molecule has 2 nitrogen and oxygen atoms in total. The monoisotopic (exact) mass is 279 g/mol. The highest BCUT2D eigenvalue weighted by atomic mass is 16.3. The Balaban J connectivity index is 3.09. The molecule has 1 aliphatic rings. The van der Waals surface area contributed by atoms with Crippen LogP contribution >= 0.6 is 0 Å². The first kappa shape index (κ1) is 17.5. The molecule has 1 saturated carbocycles. The molecule has 0 radical (unpaired) electrons. The highest BCUT2D eigenvalue weighted by molar-refractivity contribution is 5.13. The Morgan fingerprint density at radius 2 is 1.80 bits per heavy atom. The molecule has 20 heavy (non-hydrogen) atoms. The summed E-state index contributed by atoms with van der Waals surface area (Å²) >= 11 is 0. The maximum Gasteiger partial charge on any atom is 0.0863 e. The van der Waals surface area contributed by atoms with Crippen molar-refractivity contribution in [3.8, 4) is 6.07 Å². The van der Waals surface area contributed by atoms with Gasteiger partial charge in [0.1, 0.15) is 0 Å². The minimum absolute atomic E-state index is 0.422. The molecule has 1 aliphatic carbocycles. The first-order valence-corrected chi connectivity index (χ1v) is 8.42. The average molecular weight is 279 g/mol. The molecule has 1 N–H and O–H groups in total. The Morgan fingerprint density at radius 1 is 1.25 bits per heavy atom. The Bertz CT molecular complexity index is 332. The molecule has 2 heteroatoms. The lowest BCUT2D eigenvalue weighted by molar-refractivity contribution is -0.107. The second-order valence-corrected chi connectivity index (χ2v) is 7.79. The van der Waals surface area contributed by atoms with E-state index in [0.29, 0.717) is 17.8 Å². The summed E-state index contributed by atoms with van der Waals surface area (Å²) in [6.07, 6.45) is 6.68. The van der Waals surface area contributed by atoms with E-state index in [1.165, 1.54) is 6.42 Å². The summed E-state index contributed by atoms with van der Waals surface area (Å²) in [5, 5.41) is 21.3. The van der Waals surface area contributed by atoms with Crippen LogP contribution in [0.1, 0.15) is 79.6 Å². The van der Waals surface area contributed by atoms with Crippen LogP contribution in [0.15, 0.2) is 0 Å². The van der Waals surface area contributed by atoms with Gasteiger partial charge in [0, 0.05) is 0 Å². The standard InChI is InChI=1S/C18H33NO/c1-6-16-8-7-9-17(12-16,13-19)18(20,10-14(2)3)11-15(4)5/h14-16,20H,6-12H2,1-5H3. The average Bonchev–Trinajstić information content (AvgIpc) is 2.36. The number of nitrogens with zero attached hydrogens (tertiary/aromatic N) is 1. The molecule has 116 valence electrons. The quantitative estimate of drug-likeness (QED) is 0.750. The van der Waals surface area contributed by atoms with E-state index in [9.17, 15) is 10.4 Å². The lowest BCUT2D eigenvalue weighted by Gasteiger charge is -2.48. The summed E-state index contributed by atoms with van der Waals surface area (Å²) in [4.78, 5) is 0. The van der Waals surface area contributed by atoms with Crippen LogP contribution in [0.3, 0.4) is 0 Å². The normalized spacial score (nSPS) is 27.9. The first-order valence-electron chi connectivity index (χ1n) is 8.42. The summed E-state index contributed by atoms with van der Waals surface area (Å²) in [6, 6.07) is 2.58. The van der Waals surface area contributed by atoms with Crippen LogP contribution in [0, 0.1) is 34.5 Å². The van der Waals surface area contributed by atoms with Crippen molar-refractivity contribution in [1.29, 1.82) is 5.26 Å². The van der Waals surface area contributed by atoms with Crippen molar-refractivity contribution in [2.45, 2.75) is 85.2 Å². The fourth-order valence-electron chi connectivity index (χ4n) is 4.19. The van der Waals surface area contributed by atoms with E-state index in [4.69, 9.17) is 0 Å². The number of rotatable bonds is 6. The van der Waals surface area contributed by atoms with Crippen molar-refractivity contribution in [3.05, 3.63) is 0 Å². The maximum absolute atomic E-state index is 11.4. The molecule has 0 spiro atoms. The first-order chi connectivity index (χ1) is 9.28. The van der Waals surface area contributed by atoms with Gasteiger partial charge in [0.25, 0.3) is 0 Å². The summed E-state index contributed by atoms with van der Waals surface area (Å²) in [7, 11) is 0. The Labute approximate surface area is 125 Å². The smallest absolute Gasteiger partial charge is 0.0863 e. The molecule has 0 bridgehead atoms. The van der Waals surface area contributed by atoms with Crippen LogP contribution in [-0.2, 0) is 0 Å². The summed E-state index contributed by atoms with van der Waals surface area (Å²) in [5.74, 6) is 1.45. The molecule has 1 fully saturated rings. The Hall–Kier alpha value is -0.550. The summed E-state index contributed by atoms with van der Waals surface area (Å²) in [6.45, 7) is 10.8. The van der Waals surface area contributed by atoms with Crippen LogP contribution in [0.25, 0.3) is 0 Å². The van der Waals surface area contributed by atoms with E-state index in [1.807, 2.05) is 0 Å². The third-order valence-corrected chi connectivity index (χ3v) is 5.03. The van der Waals surface area contributed by atoms with Gasteiger partial charge in [-0.3, -0.25) is 0 Å². The Morgan fingerprint density at radius 3 is 2.20 bits per heavy atom. The third-order valence-electron chi connectivity index (χ3n) is 5.03. The lowest BCUT2D eigenvalue weighted by Crippen LogP contribution is -2.51. The van der Waals surface area contributed by atoms with Crippen molar-refractivity contribution >= 4 is 0 Å². The van der Waals surface area contributed by atoms with E-state index in [0.717, 1.165) is 38.5 Å². The van der Waals surface area contributed by atoms with Gasteiger partial charge < -0.3 is 5.11 Å². The molecule has 0 heterocycles. The van der Waals surface area contributed by atoms with Gasteiger partial charge in [-0.1, -0.05) is 53.9 Å². The zero-order valence-electron chi connectivity index (χ0n) is 14.1. The number of nitriles is 1. The molecule has 1 rings (SSSR count). The van der Waals surface area contributed by atoms with E-state index in [-0.39, 0.29) is 0 Å². The van der Waals surface area contributed by atoms with Gasteiger partial charge in [-0.2, -0.15) is 5.26 Å². The van der Waals surface area contributed by atoms with Crippen LogP contribution in [0.5, 0.6) is 0 Å². The van der Waals surface area contributed by atoms with Crippen LogP contribution in [-0.4, -0.2) is 10.7 Å². The second-order valence-electron chi connectivity index (χ2n) is 7.79. The number of hydrogen-bond acceptors (Lipinski definition) is 2. The minimum Gasteiger partial charge on any atom is -0.388 e. The van der Waals surface area contributed by atoms with Gasteiger partial charge in [-0.15, -0.1) is 0 Å². The van der Waals surface area contributed by atoms with Crippen molar-refractivity contribution in [3.63, 3.8) is 0 Å². The molecule has 2 unspecified atom stereocenters. The highest BCUT2D eigenvalue weighted by Gasteiger charge is 2.52. The Kier molecular flexibility index (Phi) is 6.07. The van der Waals surface area contributed by atoms with Crippen LogP contribution < -0.4 is 0 Å². The number of aliphatic hydroxyl groups is 1. The molecule has 0 saturated heterocycles. The van der Waals surface area contributed by atoms with E-state index in [1.54, 1.807) is 0 Å². The molecule has 0 aromatic rings. The fraction of sp³-hybridized carbons (Fsp3) is 0.944. The molecule has 2 atom stereocenters. The fourth-order valence-corrected chi connectivity index (χ4v) is 4.19. The van der Waals surface area contributed by atoms with E-state index >= 15 is 0 Å². The summed E-state index contributed by atoms with van der Waals surface area (Å²) < 4.78 is 0. The molecular weight excluding hydrogens is 246 g/mol. The topological polar surface area (TPSA) is 44.0 Å². The van der Waals surface area contributed by atoms with E-state index < -0.39 is 11.0 Å². The summed E-state index contributed by atoms with van der Waals surface area (Å²) in [5.41, 5.74) is -1.35. The zero-order valence-corrected chi connectivity index (χ0v) is 14.1. The van der Waals surface area contributed by atoms with Crippen molar-refractivity contribution in [1.82, 2.24) is 0 Å². The van der Waals surface area contributed by atoms with Crippen molar-refractivity contribution in [2.75, 3.05) is 0 Å². The van der Waals surface area contributed by atoms with Gasteiger partial charge in [-0.25, -0.2) is 0 Å². The predicted octanol–water partition coefficient (Wildman–Crippen LogP) is 4.92. The van der Waals surface area contributed by atoms with E-state index in [2.05, 4.69) is 40.7 Å². The molecule has 0 aromatic carbocycles. The zero-order chi connectivity index (χ0) is 15.4. The van der Waals surface area contributed by atoms with Crippen molar-refractivity contribution in [2.24, 2.45) is 23.2 Å². The van der Waals surface area contributed by atoms with Gasteiger partial charge in [-0.05, 0) is 43.4 Å². The molecule has 0 aliphatic heterocycles. The molecule has 0 amide bonds. The largest absolute Gasteiger partial charge is 0.388 e. The highest BCUT2D eigenvalue weighted by Crippen LogP contribution is 2.51. The van der Waals surface area contributed by atoms with Gasteiger partial charge >= 0.3 is 0 Å². The number of hydrogen-bond donors (Lipinski definition) is 1. The molecular formula is C18H33NO. The minimum atomic E-state index is -0.822.